The maximum absolute atomic E-state index is 12.9. The van der Waals surface area contributed by atoms with Crippen molar-refractivity contribution in [1.82, 2.24) is 4.57 Å². The topological polar surface area (TPSA) is 42.2 Å². The average molecular weight is 287 g/mol. The normalized spacial score (nSPS) is 11.6. The summed E-state index contributed by atoms with van der Waals surface area (Å²) < 4.78 is 52.3. The van der Waals surface area contributed by atoms with Gasteiger partial charge in [0.1, 0.15) is 11.5 Å². The lowest BCUT2D eigenvalue weighted by molar-refractivity contribution is -0.143. The lowest BCUT2D eigenvalue weighted by atomic mass is 10.2. The van der Waals surface area contributed by atoms with Crippen LogP contribution in [-0.2, 0) is 12.7 Å². The first-order valence-electron chi connectivity index (χ1n) is 5.53. The highest BCUT2D eigenvalue weighted by Gasteiger charge is 2.39. The molecule has 0 aliphatic rings. The zero-order valence-electron chi connectivity index (χ0n) is 9.99. The molecular formula is C13H9F4NO2. The van der Waals surface area contributed by atoms with Crippen LogP contribution in [0.2, 0.25) is 0 Å². The highest BCUT2D eigenvalue weighted by Crippen LogP contribution is 2.33. The van der Waals surface area contributed by atoms with Gasteiger partial charge in [-0.2, -0.15) is 13.2 Å². The number of aromatic nitrogens is 1. The SMILES string of the molecule is O=C(O)c1ccn(Cc2ccc(F)cc2)c1C(F)(F)F. The van der Waals surface area contributed by atoms with E-state index in [1.54, 1.807) is 0 Å². The standard InChI is InChI=1S/C13H9F4NO2/c14-9-3-1-8(2-4-9)7-18-6-5-10(12(19)20)11(18)13(15,16)17/h1-6H,7H2,(H,19,20). The smallest absolute Gasteiger partial charge is 0.432 e. The number of halogens is 4. The summed E-state index contributed by atoms with van der Waals surface area (Å²) in [4.78, 5) is 10.8. The second-order valence-corrected chi connectivity index (χ2v) is 4.14. The molecule has 20 heavy (non-hydrogen) atoms. The summed E-state index contributed by atoms with van der Waals surface area (Å²) in [5.41, 5.74) is -1.60. The largest absolute Gasteiger partial charge is 0.478 e. The van der Waals surface area contributed by atoms with E-state index in [2.05, 4.69) is 0 Å². The number of rotatable bonds is 3. The number of carbonyl (C=O) groups is 1. The van der Waals surface area contributed by atoms with Crippen LogP contribution in [0, 0.1) is 5.82 Å². The van der Waals surface area contributed by atoms with Crippen molar-refractivity contribution in [3.05, 3.63) is 59.2 Å². The van der Waals surface area contributed by atoms with Crippen LogP contribution in [0.15, 0.2) is 36.5 Å². The highest BCUT2D eigenvalue weighted by atomic mass is 19.4. The first kappa shape index (κ1) is 14.1. The Morgan fingerprint density at radius 1 is 1.15 bits per heavy atom. The summed E-state index contributed by atoms with van der Waals surface area (Å²) >= 11 is 0. The first-order valence-corrected chi connectivity index (χ1v) is 5.53. The number of nitrogens with zero attached hydrogens (tertiary/aromatic N) is 1. The van der Waals surface area contributed by atoms with E-state index in [-0.39, 0.29) is 6.54 Å². The molecule has 1 aromatic carbocycles. The van der Waals surface area contributed by atoms with Crippen molar-refractivity contribution < 1.29 is 27.5 Å². The van der Waals surface area contributed by atoms with Crippen molar-refractivity contribution >= 4 is 5.97 Å². The quantitative estimate of drug-likeness (QED) is 0.879. The number of benzene rings is 1. The van der Waals surface area contributed by atoms with Crippen molar-refractivity contribution in [3.8, 4) is 0 Å². The Morgan fingerprint density at radius 3 is 2.25 bits per heavy atom. The summed E-state index contributed by atoms with van der Waals surface area (Å²) in [7, 11) is 0. The Hall–Kier alpha value is -2.31. The van der Waals surface area contributed by atoms with Gasteiger partial charge < -0.3 is 9.67 Å². The molecule has 0 bridgehead atoms. The molecule has 7 heteroatoms. The molecule has 1 N–H and O–H groups in total. The van der Waals surface area contributed by atoms with E-state index in [4.69, 9.17) is 5.11 Å². The maximum Gasteiger partial charge on any atom is 0.432 e. The first-order chi connectivity index (χ1) is 9.29. The minimum absolute atomic E-state index is 0.192. The summed E-state index contributed by atoms with van der Waals surface area (Å²) in [6, 6.07) is 5.84. The summed E-state index contributed by atoms with van der Waals surface area (Å²) in [5.74, 6) is -2.14. The van der Waals surface area contributed by atoms with E-state index < -0.39 is 29.2 Å². The molecule has 0 aliphatic carbocycles. The molecule has 3 nitrogen and oxygen atoms in total. The van der Waals surface area contributed by atoms with Gasteiger partial charge in [0.2, 0.25) is 0 Å². The van der Waals surface area contributed by atoms with Gasteiger partial charge in [0.05, 0.1) is 5.56 Å². The van der Waals surface area contributed by atoms with Crippen molar-refractivity contribution in [2.45, 2.75) is 12.7 Å². The van der Waals surface area contributed by atoms with Crippen molar-refractivity contribution in [3.63, 3.8) is 0 Å². The van der Waals surface area contributed by atoms with E-state index >= 15 is 0 Å². The third-order valence-corrected chi connectivity index (χ3v) is 2.73. The number of alkyl halides is 3. The molecule has 0 atom stereocenters. The molecule has 1 aromatic heterocycles. The third-order valence-electron chi connectivity index (χ3n) is 2.73. The molecule has 0 radical (unpaired) electrons. The Kier molecular flexibility index (Phi) is 3.52. The molecule has 0 aliphatic heterocycles. The third kappa shape index (κ3) is 2.81. The summed E-state index contributed by atoms with van der Waals surface area (Å²) in [6.07, 6.45) is -3.73. The zero-order valence-corrected chi connectivity index (χ0v) is 9.99. The predicted molar refractivity (Wildman–Crippen MR) is 61.9 cm³/mol. The van der Waals surface area contributed by atoms with E-state index in [1.165, 1.54) is 12.1 Å². The predicted octanol–water partition coefficient (Wildman–Crippen LogP) is 3.39. The van der Waals surface area contributed by atoms with E-state index in [1.807, 2.05) is 0 Å². The molecule has 1 heterocycles. The van der Waals surface area contributed by atoms with Crippen molar-refractivity contribution in [1.29, 1.82) is 0 Å². The Labute approximate surface area is 111 Å². The van der Waals surface area contributed by atoms with Crippen LogP contribution in [0.4, 0.5) is 17.6 Å². The van der Waals surface area contributed by atoms with Crippen LogP contribution in [0.5, 0.6) is 0 Å². The van der Waals surface area contributed by atoms with E-state index in [0.29, 0.717) is 5.56 Å². The Balaban J connectivity index is 2.42. The van der Waals surface area contributed by atoms with Crippen LogP contribution in [0.3, 0.4) is 0 Å². The highest BCUT2D eigenvalue weighted by molar-refractivity contribution is 5.89. The molecule has 0 spiro atoms. The van der Waals surface area contributed by atoms with Gasteiger partial charge in [-0.1, -0.05) is 12.1 Å². The summed E-state index contributed by atoms with van der Waals surface area (Å²) in [5, 5.41) is 8.78. The fourth-order valence-corrected chi connectivity index (χ4v) is 1.88. The summed E-state index contributed by atoms with van der Waals surface area (Å²) in [6.45, 7) is -0.192. The van der Waals surface area contributed by atoms with Gasteiger partial charge in [-0.3, -0.25) is 0 Å². The minimum atomic E-state index is -4.78. The fraction of sp³-hybridized carbons (Fsp3) is 0.154. The number of aromatic carboxylic acids is 1. The monoisotopic (exact) mass is 287 g/mol. The van der Waals surface area contributed by atoms with Gasteiger partial charge in [0, 0.05) is 12.7 Å². The molecule has 0 saturated heterocycles. The zero-order chi connectivity index (χ0) is 14.9. The number of hydrogen-bond donors (Lipinski definition) is 1. The van der Waals surface area contributed by atoms with Gasteiger partial charge in [-0.05, 0) is 23.8 Å². The fourth-order valence-electron chi connectivity index (χ4n) is 1.88. The van der Waals surface area contributed by atoms with Gasteiger partial charge in [-0.15, -0.1) is 0 Å². The average Bonchev–Trinajstić information content (AvgIpc) is 2.76. The molecule has 0 fully saturated rings. The molecule has 2 rings (SSSR count). The lowest BCUT2D eigenvalue weighted by Gasteiger charge is -2.13. The number of carboxylic acid groups (broad SMARTS) is 1. The second-order valence-electron chi connectivity index (χ2n) is 4.14. The van der Waals surface area contributed by atoms with E-state index in [0.717, 1.165) is 29.0 Å². The van der Waals surface area contributed by atoms with Crippen molar-refractivity contribution in [2.75, 3.05) is 0 Å². The number of hydrogen-bond acceptors (Lipinski definition) is 1. The van der Waals surface area contributed by atoms with Crippen LogP contribution in [0.25, 0.3) is 0 Å². The Bertz CT molecular complexity index is 629. The van der Waals surface area contributed by atoms with Crippen LogP contribution < -0.4 is 0 Å². The maximum atomic E-state index is 12.9. The molecule has 2 aromatic rings. The molecule has 0 unspecified atom stereocenters. The molecule has 106 valence electrons. The molecule has 0 saturated carbocycles. The van der Waals surface area contributed by atoms with Crippen LogP contribution in [-0.4, -0.2) is 15.6 Å². The van der Waals surface area contributed by atoms with E-state index in [9.17, 15) is 22.4 Å². The van der Waals surface area contributed by atoms with Crippen LogP contribution in [0.1, 0.15) is 21.6 Å². The Morgan fingerprint density at radius 2 is 1.75 bits per heavy atom. The van der Waals surface area contributed by atoms with Crippen LogP contribution >= 0.6 is 0 Å². The number of carboxylic acids is 1. The molecule has 0 amide bonds. The van der Waals surface area contributed by atoms with Gasteiger partial charge in [0.15, 0.2) is 0 Å². The lowest BCUT2D eigenvalue weighted by Crippen LogP contribution is -2.17. The minimum Gasteiger partial charge on any atom is -0.478 e. The van der Waals surface area contributed by atoms with Crippen molar-refractivity contribution in [2.24, 2.45) is 0 Å². The van der Waals surface area contributed by atoms with Gasteiger partial charge >= 0.3 is 12.1 Å². The van der Waals surface area contributed by atoms with Gasteiger partial charge in [-0.25, -0.2) is 9.18 Å². The molecular weight excluding hydrogens is 278 g/mol. The second kappa shape index (κ2) is 4.99. The van der Waals surface area contributed by atoms with Gasteiger partial charge in [0.25, 0.3) is 0 Å².